The number of carbonyl (C=O) groups is 11. The highest BCUT2D eigenvalue weighted by atomic mass is 32.2. The quantitative estimate of drug-likeness (QED) is 0.0186. The minimum absolute atomic E-state index is 0.0191. The molecule has 90 heavy (non-hydrogen) atoms. The Labute approximate surface area is 519 Å². The molecule has 1 heterocycles. The number of carboxylic acid groups (broad SMARTS) is 2. The Morgan fingerprint density at radius 1 is 0.456 bits per heavy atom. The number of nitrogens with one attached hydrogen (secondary N) is 10. The van der Waals surface area contributed by atoms with E-state index in [4.69, 9.17) is 5.73 Å². The molecule has 1 aromatic heterocycles. The number of thioether (sulfide) groups is 1. The number of H-pyrrole nitrogens is 1. The summed E-state index contributed by atoms with van der Waals surface area (Å²) >= 11 is 1.31. The second-order valence-corrected chi connectivity index (χ2v) is 21.5. The molecule has 9 amide bonds. The highest BCUT2D eigenvalue weighted by Crippen LogP contribution is 2.17. The van der Waals surface area contributed by atoms with Gasteiger partial charge in [-0.15, -0.1) is 0 Å². The summed E-state index contributed by atoms with van der Waals surface area (Å²) in [5.41, 5.74) is 7.42. The maximum atomic E-state index is 14.6. The van der Waals surface area contributed by atoms with Crippen LogP contribution in [-0.2, 0) is 84.8 Å². The van der Waals surface area contributed by atoms with Crippen molar-refractivity contribution in [1.29, 1.82) is 0 Å². The number of aromatic hydroxyl groups is 3. The number of aliphatic hydroxyl groups excluding tert-OH is 2. The van der Waals surface area contributed by atoms with E-state index in [2.05, 4.69) is 57.8 Å². The van der Waals surface area contributed by atoms with Gasteiger partial charge in [-0.05, 0) is 77.1 Å². The number of nitrogens with two attached hydrogens (primary N) is 1. The molecule has 5 aromatic rings. The van der Waals surface area contributed by atoms with Gasteiger partial charge in [0.1, 0.15) is 71.6 Å². The smallest absolute Gasteiger partial charge is 0.326 e. The molecule has 0 aliphatic carbocycles. The van der Waals surface area contributed by atoms with Crippen molar-refractivity contribution in [3.05, 3.63) is 144 Å². The van der Waals surface area contributed by atoms with Crippen LogP contribution in [0.3, 0.4) is 0 Å². The molecule has 0 bridgehead atoms. The van der Waals surface area contributed by atoms with Crippen LogP contribution in [0.2, 0.25) is 0 Å². The van der Waals surface area contributed by atoms with Gasteiger partial charge in [-0.2, -0.15) is 11.8 Å². The van der Waals surface area contributed by atoms with Gasteiger partial charge >= 0.3 is 11.9 Å². The van der Waals surface area contributed by atoms with Crippen molar-refractivity contribution in [1.82, 2.24) is 57.8 Å². The molecule has 0 spiro atoms. The van der Waals surface area contributed by atoms with Gasteiger partial charge in [0.15, 0.2) is 0 Å². The second kappa shape index (κ2) is 35.6. The molecule has 30 nitrogen and oxygen atoms in total. The van der Waals surface area contributed by atoms with Crippen LogP contribution in [0.4, 0.5) is 0 Å². The molecule has 482 valence electrons. The minimum atomic E-state index is -2.08. The van der Waals surface area contributed by atoms with Gasteiger partial charge in [-0.3, -0.25) is 47.9 Å². The number of hydrogen-bond acceptors (Lipinski definition) is 19. The van der Waals surface area contributed by atoms with Crippen molar-refractivity contribution in [2.45, 2.75) is 99.3 Å². The summed E-state index contributed by atoms with van der Waals surface area (Å²) in [4.78, 5) is 156. The van der Waals surface area contributed by atoms with Gasteiger partial charge in [-0.1, -0.05) is 66.7 Å². The van der Waals surface area contributed by atoms with Crippen molar-refractivity contribution >= 4 is 76.9 Å². The van der Waals surface area contributed by atoms with E-state index in [1.807, 2.05) is 0 Å². The fraction of sp³-hybridized carbons (Fsp3) is 0.356. The highest BCUT2D eigenvalue weighted by Gasteiger charge is 2.36. The zero-order valence-corrected chi connectivity index (χ0v) is 49.3. The van der Waals surface area contributed by atoms with Crippen LogP contribution >= 0.6 is 11.8 Å². The van der Waals surface area contributed by atoms with Crippen molar-refractivity contribution in [3.63, 3.8) is 0 Å². The maximum Gasteiger partial charge on any atom is 0.326 e. The molecule has 4 aromatic carbocycles. The number of aliphatic hydroxyl groups is 2. The van der Waals surface area contributed by atoms with Crippen LogP contribution in [-0.4, -0.2) is 197 Å². The van der Waals surface area contributed by atoms with Crippen LogP contribution < -0.4 is 53.6 Å². The first-order chi connectivity index (χ1) is 43.0. The van der Waals surface area contributed by atoms with Crippen molar-refractivity contribution in [3.8, 4) is 17.2 Å². The third-order valence-electron chi connectivity index (χ3n) is 13.6. The predicted octanol–water partition coefficient (Wildman–Crippen LogP) is -3.34. The van der Waals surface area contributed by atoms with E-state index in [0.29, 0.717) is 33.7 Å². The third kappa shape index (κ3) is 23.2. The van der Waals surface area contributed by atoms with E-state index in [9.17, 15) is 88.5 Å². The zero-order chi connectivity index (χ0) is 65.9. The second-order valence-electron chi connectivity index (χ2n) is 20.5. The topological polar surface area (TPSA) is 492 Å². The Morgan fingerprint density at radius 3 is 1.17 bits per heavy atom. The fourth-order valence-electron chi connectivity index (χ4n) is 8.81. The number of aromatic nitrogens is 2. The van der Waals surface area contributed by atoms with Gasteiger partial charge in [-0.25, -0.2) is 9.78 Å². The summed E-state index contributed by atoms with van der Waals surface area (Å²) in [6, 6.07) is 9.40. The maximum absolute atomic E-state index is 14.6. The zero-order valence-electron chi connectivity index (χ0n) is 48.5. The number of carbonyl (C=O) groups excluding carboxylic acids is 9. The van der Waals surface area contributed by atoms with E-state index >= 15 is 0 Å². The summed E-state index contributed by atoms with van der Waals surface area (Å²) in [5, 5.41) is 92.2. The van der Waals surface area contributed by atoms with E-state index in [-0.39, 0.29) is 49.4 Å². The molecule has 31 heteroatoms. The van der Waals surface area contributed by atoms with Gasteiger partial charge in [0.05, 0.1) is 32.5 Å². The van der Waals surface area contributed by atoms with E-state index in [1.54, 1.807) is 36.6 Å². The standard InChI is InChI=1S/C59H72N12O18S/c1-90-20-19-40(51(80)69-46(59(88)89)25-36-28-61-31-62-36)64-53(82)43(23-34-9-15-38(75)16-10-34)65-54(83)44(24-35-11-17-39(76)18-12-35)66-56(85)45(26-50(78)79)68-58(87)48(30-73)71-55(84)42(21-32-5-3-2-4-6-32)67-57(86)47(29-72)70-52(81)41(63-49(77)27-60)22-33-7-13-37(74)14-8-33/h2-18,28,31,40-48,72-76H,19-27,29-30,60H2,1H3,(H,61,62)(H,63,77)(H,64,82)(H,65,83)(H,66,85)(H,67,86)(H,68,87)(H,69,80)(H,70,81)(H,71,84)(H,78,79)(H,88,89)/t40-,41-,42-,43-,44-,45-,46-,47-,48-/m0/s1. The molecule has 5 rings (SSSR count). The van der Waals surface area contributed by atoms with Crippen molar-refractivity contribution in [2.24, 2.45) is 5.73 Å². The molecule has 19 N–H and O–H groups in total. The lowest BCUT2D eigenvalue weighted by Crippen LogP contribution is -2.62. The molecular formula is C59H72N12O18S. The molecular weight excluding hydrogens is 1200 g/mol. The van der Waals surface area contributed by atoms with Gasteiger partial charge < -0.3 is 94.3 Å². The number of nitrogens with zero attached hydrogens (tertiary/aromatic N) is 1. The number of carboxylic acids is 2. The average Bonchev–Trinajstić information content (AvgIpc) is 1.54. The Balaban J connectivity index is 1.37. The number of rotatable bonds is 36. The number of phenolic OH excluding ortho intramolecular Hbond substituents is 3. The summed E-state index contributed by atoms with van der Waals surface area (Å²) in [6.07, 6.45) is 1.85. The molecule has 0 saturated carbocycles. The lowest BCUT2D eigenvalue weighted by atomic mass is 10.0. The number of hydrogen-bond donors (Lipinski definition) is 18. The lowest BCUT2D eigenvalue weighted by Gasteiger charge is -2.28. The molecule has 0 unspecified atom stereocenters. The van der Waals surface area contributed by atoms with Gasteiger partial charge in [0.2, 0.25) is 53.2 Å². The predicted molar refractivity (Wildman–Crippen MR) is 321 cm³/mol. The number of amides is 9. The van der Waals surface area contributed by atoms with E-state index in [0.717, 1.165) is 0 Å². The average molecular weight is 1270 g/mol. The lowest BCUT2D eigenvalue weighted by molar-refractivity contribution is -0.142. The van der Waals surface area contributed by atoms with Crippen LogP contribution in [0.1, 0.15) is 40.8 Å². The fourth-order valence-corrected chi connectivity index (χ4v) is 9.29. The first-order valence-corrected chi connectivity index (χ1v) is 29.3. The Bertz CT molecular complexity index is 3240. The molecule has 0 fully saturated rings. The van der Waals surface area contributed by atoms with Gasteiger partial charge in [0.25, 0.3) is 0 Å². The SMILES string of the molecule is CSCC[C@H](NC(=O)[C@H](Cc1ccc(O)cc1)NC(=O)[C@H](Cc1ccc(O)cc1)NC(=O)[C@H](CC(=O)O)NC(=O)[C@H](CO)NC(=O)[C@H](Cc1ccccc1)NC(=O)[C@H](CO)NC(=O)[C@H](Cc1ccc(O)cc1)NC(=O)CN)C(=O)N[C@@H](Cc1cnc[nH]1)C(=O)O. The molecule has 0 aliphatic heterocycles. The van der Waals surface area contributed by atoms with Crippen LogP contribution in [0.25, 0.3) is 0 Å². The molecule has 0 radical (unpaired) electrons. The Kier molecular flexibility index (Phi) is 28.0. The number of imidazole rings is 1. The minimum Gasteiger partial charge on any atom is -0.508 e. The van der Waals surface area contributed by atoms with Crippen LogP contribution in [0, 0.1) is 0 Å². The van der Waals surface area contributed by atoms with E-state index < -0.39 is 152 Å². The summed E-state index contributed by atoms with van der Waals surface area (Å²) in [7, 11) is 0. The summed E-state index contributed by atoms with van der Waals surface area (Å²) in [5.74, 6) is -12.8. The number of aromatic amines is 1. The number of phenols is 3. The largest absolute Gasteiger partial charge is 0.508 e. The number of aliphatic carboxylic acids is 2. The molecule has 0 saturated heterocycles. The van der Waals surface area contributed by atoms with Crippen molar-refractivity contribution < 1.29 is 88.5 Å². The normalized spacial score (nSPS) is 14.0. The molecule has 0 aliphatic rings. The first-order valence-electron chi connectivity index (χ1n) is 27.9. The summed E-state index contributed by atoms with van der Waals surface area (Å²) in [6.45, 7) is -2.75. The Morgan fingerprint density at radius 2 is 0.800 bits per heavy atom. The van der Waals surface area contributed by atoms with E-state index in [1.165, 1.54) is 97.1 Å². The third-order valence-corrected chi connectivity index (χ3v) is 14.3. The molecule has 9 atom stereocenters. The number of benzene rings is 4. The Hall–Kier alpha value is -10.1. The first kappa shape index (κ1) is 70.7. The monoisotopic (exact) mass is 1270 g/mol. The summed E-state index contributed by atoms with van der Waals surface area (Å²) < 4.78 is 0. The van der Waals surface area contributed by atoms with Gasteiger partial charge in [0, 0.05) is 44.0 Å². The van der Waals surface area contributed by atoms with Crippen LogP contribution in [0.5, 0.6) is 17.2 Å². The van der Waals surface area contributed by atoms with Crippen molar-refractivity contribution in [2.75, 3.05) is 31.8 Å². The van der Waals surface area contributed by atoms with Crippen LogP contribution in [0.15, 0.2) is 116 Å². The highest BCUT2D eigenvalue weighted by molar-refractivity contribution is 7.98.